The maximum absolute atomic E-state index is 12.8. The van der Waals surface area contributed by atoms with E-state index in [-0.39, 0.29) is 18.4 Å². The van der Waals surface area contributed by atoms with E-state index in [9.17, 15) is 4.79 Å². The van der Waals surface area contributed by atoms with E-state index >= 15 is 0 Å². The van der Waals surface area contributed by atoms with Gasteiger partial charge in [-0.15, -0.1) is 0 Å². The quantitative estimate of drug-likeness (QED) is 0.454. The van der Waals surface area contributed by atoms with Crippen molar-refractivity contribution < 1.29 is 9.53 Å². The van der Waals surface area contributed by atoms with E-state index in [1.54, 1.807) is 0 Å². The van der Waals surface area contributed by atoms with E-state index in [0.29, 0.717) is 5.56 Å². The molecule has 0 aliphatic carbocycles. The van der Waals surface area contributed by atoms with Gasteiger partial charge in [-0.2, -0.15) is 0 Å². The number of ketones is 1. The molecule has 4 rings (SSSR count). The van der Waals surface area contributed by atoms with Gasteiger partial charge in [-0.1, -0.05) is 60.7 Å². The number of Topliss-reactive ketones (excluding diaryl/α,β-unsaturated/α-hetero) is 1. The summed E-state index contributed by atoms with van der Waals surface area (Å²) in [5, 5.41) is 0. The number of hydrogen-bond donors (Lipinski definition) is 0. The molecule has 1 atom stereocenters. The molecule has 134 valence electrons. The van der Waals surface area contributed by atoms with Crippen molar-refractivity contribution >= 4 is 16.8 Å². The Hall–Kier alpha value is -3.40. The van der Waals surface area contributed by atoms with E-state index in [4.69, 9.17) is 9.72 Å². The number of rotatable bonds is 6. The Morgan fingerprint density at radius 3 is 2.30 bits per heavy atom. The van der Waals surface area contributed by atoms with E-state index in [0.717, 1.165) is 22.6 Å². The fourth-order valence-corrected chi connectivity index (χ4v) is 3.19. The van der Waals surface area contributed by atoms with Crippen LogP contribution >= 0.6 is 0 Å². The number of imidazole rings is 1. The Morgan fingerprint density at radius 2 is 1.56 bits per heavy atom. The molecule has 0 fully saturated rings. The fraction of sp³-hybridized carbons (Fsp3) is 0.130. The van der Waals surface area contributed by atoms with Gasteiger partial charge in [-0.05, 0) is 31.2 Å². The van der Waals surface area contributed by atoms with Crippen molar-refractivity contribution in [2.45, 2.75) is 19.6 Å². The highest BCUT2D eigenvalue weighted by molar-refractivity contribution is 5.96. The molecular weight excluding hydrogens is 336 g/mol. The van der Waals surface area contributed by atoms with Gasteiger partial charge >= 0.3 is 0 Å². The van der Waals surface area contributed by atoms with Crippen molar-refractivity contribution in [2.75, 3.05) is 0 Å². The van der Waals surface area contributed by atoms with E-state index in [1.165, 1.54) is 0 Å². The maximum Gasteiger partial charge on any atom is 0.182 e. The second-order valence-corrected chi connectivity index (χ2v) is 6.41. The molecule has 4 heteroatoms. The van der Waals surface area contributed by atoms with Crippen molar-refractivity contribution in [3.05, 3.63) is 96.3 Å². The Labute approximate surface area is 158 Å². The number of hydrogen-bond acceptors (Lipinski definition) is 3. The van der Waals surface area contributed by atoms with Crippen LogP contribution in [0.2, 0.25) is 0 Å². The molecule has 4 nitrogen and oxygen atoms in total. The van der Waals surface area contributed by atoms with Crippen LogP contribution in [0.5, 0.6) is 5.75 Å². The zero-order valence-corrected chi connectivity index (χ0v) is 15.1. The van der Waals surface area contributed by atoms with Crippen molar-refractivity contribution in [3.8, 4) is 5.75 Å². The number of fused-ring (bicyclic) bond motifs is 1. The molecule has 0 N–H and O–H groups in total. The number of para-hydroxylation sites is 3. The first-order chi connectivity index (χ1) is 13.2. The third kappa shape index (κ3) is 3.60. The molecular formula is C23H20N2O2. The number of aromatic nitrogens is 2. The molecule has 0 saturated heterocycles. The van der Waals surface area contributed by atoms with Crippen LogP contribution in [0.25, 0.3) is 11.0 Å². The summed E-state index contributed by atoms with van der Waals surface area (Å²) in [5.41, 5.74) is 2.48. The minimum Gasteiger partial charge on any atom is -0.483 e. The number of carbonyl (C=O) groups excluding carboxylic acids is 1. The first-order valence-corrected chi connectivity index (χ1v) is 8.97. The van der Waals surface area contributed by atoms with Gasteiger partial charge in [-0.3, -0.25) is 4.79 Å². The average Bonchev–Trinajstić information content (AvgIpc) is 3.08. The number of benzene rings is 3. The molecule has 1 heterocycles. The van der Waals surface area contributed by atoms with Crippen molar-refractivity contribution in [1.29, 1.82) is 0 Å². The summed E-state index contributed by atoms with van der Waals surface area (Å²) < 4.78 is 8.02. The lowest BCUT2D eigenvalue weighted by Crippen LogP contribution is -2.17. The molecule has 0 aliphatic rings. The molecule has 4 aromatic rings. The summed E-state index contributed by atoms with van der Waals surface area (Å²) in [7, 11) is 0. The summed E-state index contributed by atoms with van der Waals surface area (Å²) in [6.45, 7) is 2.18. The van der Waals surface area contributed by atoms with Crippen LogP contribution in [-0.4, -0.2) is 15.3 Å². The predicted molar refractivity (Wildman–Crippen MR) is 106 cm³/mol. The van der Waals surface area contributed by atoms with E-state index < -0.39 is 0 Å². The Kier molecular flexibility index (Phi) is 4.71. The predicted octanol–water partition coefficient (Wildman–Crippen LogP) is 5.06. The smallest absolute Gasteiger partial charge is 0.182 e. The Morgan fingerprint density at radius 1 is 0.926 bits per heavy atom. The number of carbonyl (C=O) groups is 1. The molecule has 27 heavy (non-hydrogen) atoms. The molecule has 0 spiro atoms. The molecule has 0 radical (unpaired) electrons. The third-order valence-electron chi connectivity index (χ3n) is 4.50. The number of ether oxygens (including phenoxy) is 1. The largest absolute Gasteiger partial charge is 0.483 e. The number of nitrogens with zero attached hydrogens (tertiary/aromatic N) is 2. The third-order valence-corrected chi connectivity index (χ3v) is 4.50. The van der Waals surface area contributed by atoms with Crippen LogP contribution in [-0.2, 0) is 6.54 Å². The van der Waals surface area contributed by atoms with Crippen LogP contribution in [0.15, 0.2) is 84.9 Å². The lowest BCUT2D eigenvalue weighted by atomic mass is 10.1. The van der Waals surface area contributed by atoms with E-state index in [1.807, 2.05) is 96.4 Å². The summed E-state index contributed by atoms with van der Waals surface area (Å²) in [6, 6.07) is 26.8. The first-order valence-electron chi connectivity index (χ1n) is 8.97. The lowest BCUT2D eigenvalue weighted by molar-refractivity contribution is 0.0969. The van der Waals surface area contributed by atoms with Crippen molar-refractivity contribution in [3.63, 3.8) is 0 Å². The van der Waals surface area contributed by atoms with Gasteiger partial charge < -0.3 is 9.30 Å². The minimum atomic E-state index is -0.289. The second-order valence-electron chi connectivity index (χ2n) is 6.41. The Balaban J connectivity index is 1.70. The topological polar surface area (TPSA) is 44.1 Å². The van der Waals surface area contributed by atoms with Gasteiger partial charge in [-0.25, -0.2) is 4.98 Å². The van der Waals surface area contributed by atoms with Crippen molar-refractivity contribution in [2.24, 2.45) is 0 Å². The van der Waals surface area contributed by atoms with Crippen LogP contribution < -0.4 is 4.74 Å². The molecule has 0 bridgehead atoms. The lowest BCUT2D eigenvalue weighted by Gasteiger charge is -2.16. The highest BCUT2D eigenvalue weighted by Gasteiger charge is 2.20. The molecule has 1 aromatic heterocycles. The standard InChI is InChI=1S/C23H20N2O2/c1-17(27-19-12-6-3-7-13-19)23-24-20-14-8-9-15-21(20)25(23)16-22(26)18-10-4-2-5-11-18/h2-15,17H,16H2,1H3. The average molecular weight is 356 g/mol. The van der Waals surface area contributed by atoms with Crippen LogP contribution in [0.1, 0.15) is 29.2 Å². The fourth-order valence-electron chi connectivity index (χ4n) is 3.19. The molecule has 0 amide bonds. The highest BCUT2D eigenvalue weighted by Crippen LogP contribution is 2.25. The van der Waals surface area contributed by atoms with Gasteiger partial charge in [0, 0.05) is 5.56 Å². The van der Waals surface area contributed by atoms with Gasteiger partial charge in [0.2, 0.25) is 0 Å². The summed E-state index contributed by atoms with van der Waals surface area (Å²) >= 11 is 0. The molecule has 1 unspecified atom stereocenters. The zero-order valence-electron chi connectivity index (χ0n) is 15.1. The molecule has 0 saturated carbocycles. The monoisotopic (exact) mass is 356 g/mol. The normalized spacial score (nSPS) is 12.0. The summed E-state index contributed by atoms with van der Waals surface area (Å²) in [4.78, 5) is 17.5. The molecule has 3 aromatic carbocycles. The van der Waals surface area contributed by atoms with Gasteiger partial charge in [0.1, 0.15) is 5.75 Å². The highest BCUT2D eigenvalue weighted by atomic mass is 16.5. The van der Waals surface area contributed by atoms with Crippen LogP contribution in [0.3, 0.4) is 0 Å². The van der Waals surface area contributed by atoms with Crippen LogP contribution in [0, 0.1) is 0 Å². The zero-order chi connectivity index (χ0) is 18.6. The summed E-state index contributed by atoms with van der Waals surface area (Å²) in [6.07, 6.45) is -0.289. The summed E-state index contributed by atoms with van der Waals surface area (Å²) in [5.74, 6) is 1.56. The van der Waals surface area contributed by atoms with Gasteiger partial charge in [0.15, 0.2) is 17.7 Å². The van der Waals surface area contributed by atoms with Gasteiger partial charge in [0.25, 0.3) is 0 Å². The maximum atomic E-state index is 12.8. The minimum absolute atomic E-state index is 0.0481. The first kappa shape index (κ1) is 17.0. The van der Waals surface area contributed by atoms with E-state index in [2.05, 4.69) is 0 Å². The van der Waals surface area contributed by atoms with Gasteiger partial charge in [0.05, 0.1) is 17.6 Å². The Bertz CT molecular complexity index is 1060. The van der Waals surface area contributed by atoms with Crippen molar-refractivity contribution in [1.82, 2.24) is 9.55 Å². The second kappa shape index (κ2) is 7.46. The SMILES string of the molecule is CC(Oc1ccccc1)c1nc2ccccc2n1CC(=O)c1ccccc1. The van der Waals surface area contributed by atoms with Crippen LogP contribution in [0.4, 0.5) is 0 Å². The molecule has 0 aliphatic heterocycles.